The van der Waals surface area contributed by atoms with Gasteiger partial charge in [0.15, 0.2) is 5.82 Å². The van der Waals surface area contributed by atoms with Gasteiger partial charge in [0.2, 0.25) is 6.54 Å². The molecule has 14 heteroatoms. The van der Waals surface area contributed by atoms with E-state index >= 15 is 0 Å². The fourth-order valence-corrected chi connectivity index (χ4v) is 9.32. The largest absolute Gasteiger partial charge is 0.497 e. The molecule has 0 aliphatic carbocycles. The third-order valence-electron chi connectivity index (χ3n) is 10.4. The molecule has 0 spiro atoms. The molecule has 0 radical (unpaired) electrons. The molecule has 1 aromatic heterocycles. The van der Waals surface area contributed by atoms with E-state index in [-0.39, 0.29) is 31.8 Å². The van der Waals surface area contributed by atoms with Crippen LogP contribution in [-0.4, -0.2) is 96.8 Å². The van der Waals surface area contributed by atoms with Crippen molar-refractivity contribution >= 4 is 20.2 Å². The van der Waals surface area contributed by atoms with Crippen LogP contribution in [0.2, 0.25) is 0 Å². The monoisotopic (exact) mass is 810 g/mol. The summed E-state index contributed by atoms with van der Waals surface area (Å²) >= 11 is 0. The Kier molecular flexibility index (Phi) is 14.7. The Labute approximate surface area is 343 Å². The minimum absolute atomic E-state index is 0.0724. The molecule has 1 unspecified atom stereocenters. The van der Waals surface area contributed by atoms with Crippen LogP contribution in [0.15, 0.2) is 101 Å². The van der Waals surface area contributed by atoms with Crippen molar-refractivity contribution in [1.29, 1.82) is 0 Å². The topological polar surface area (TPSA) is 113 Å². The van der Waals surface area contributed by atoms with Crippen molar-refractivity contribution < 1.29 is 28.0 Å². The van der Waals surface area contributed by atoms with Crippen LogP contribution in [-0.2, 0) is 24.1 Å². The van der Waals surface area contributed by atoms with E-state index in [1.54, 1.807) is 26.5 Å². The third kappa shape index (κ3) is 9.78. The van der Waals surface area contributed by atoms with Crippen LogP contribution in [0.1, 0.15) is 69.9 Å². The van der Waals surface area contributed by atoms with Gasteiger partial charge in [0, 0.05) is 44.7 Å². The number of likely N-dealkylation sites (tertiary alicyclic amines) is 1. The summed E-state index contributed by atoms with van der Waals surface area (Å²) in [6, 6.07) is 27.7. The standard InChI is InChI=1S/C44H55N6O7P/c1-31(2)50(32(3)4)58(55-28-25-45-5)57-38-29-42(49-27-24-40(47-43(49)51)46-41-15-12-26-48(41)6)56-39(38)30-54-44(33-13-10-9-11-14-33,34-16-20-36(52-7)21-17-34)35-18-22-37(53-8)23-19-35/h9-11,13-14,16-24,27,31-32,38-39,42H,12,15,25-26,28-30H2,1-4,6-8H3/t38-,39-,42-,58?/m1/s1. The highest BCUT2D eigenvalue weighted by Crippen LogP contribution is 2.50. The average molecular weight is 811 g/mol. The number of hydrogen-bond donors (Lipinski definition) is 0. The van der Waals surface area contributed by atoms with Crippen LogP contribution in [0.5, 0.6) is 11.5 Å². The first-order chi connectivity index (χ1) is 28.1. The summed E-state index contributed by atoms with van der Waals surface area (Å²) in [5.74, 6) is 2.71. The summed E-state index contributed by atoms with van der Waals surface area (Å²) in [5.41, 5.74) is 1.07. The summed E-state index contributed by atoms with van der Waals surface area (Å²) in [5, 5.41) is 0. The van der Waals surface area contributed by atoms with Crippen LogP contribution in [0, 0.1) is 6.57 Å². The molecule has 0 N–H and O–H groups in total. The Balaban J connectivity index is 1.40. The van der Waals surface area contributed by atoms with Crippen molar-refractivity contribution in [3.8, 4) is 11.5 Å². The molecule has 58 heavy (non-hydrogen) atoms. The van der Waals surface area contributed by atoms with Gasteiger partial charge < -0.3 is 37.7 Å². The average Bonchev–Trinajstić information content (AvgIpc) is 3.83. The minimum Gasteiger partial charge on any atom is -0.497 e. The number of benzene rings is 3. The van der Waals surface area contributed by atoms with Gasteiger partial charge in [-0.2, -0.15) is 4.98 Å². The Morgan fingerprint density at radius 2 is 1.57 bits per heavy atom. The number of hydrogen-bond acceptors (Lipinski definition) is 10. The maximum Gasteiger partial charge on any atom is 0.351 e. The van der Waals surface area contributed by atoms with E-state index in [1.165, 1.54) is 4.57 Å². The lowest BCUT2D eigenvalue weighted by molar-refractivity contribution is -0.0925. The first kappa shape index (κ1) is 42.9. The van der Waals surface area contributed by atoms with E-state index in [4.69, 9.17) is 34.6 Å². The maximum atomic E-state index is 13.7. The van der Waals surface area contributed by atoms with Crippen molar-refractivity contribution in [1.82, 2.24) is 19.1 Å². The van der Waals surface area contributed by atoms with E-state index < -0.39 is 38.3 Å². The summed E-state index contributed by atoms with van der Waals surface area (Å²) in [7, 11) is 3.64. The molecule has 2 aliphatic heterocycles. The molecule has 308 valence electrons. The molecule has 2 fully saturated rings. The van der Waals surface area contributed by atoms with Crippen LogP contribution in [0.4, 0.5) is 5.82 Å². The lowest BCUT2D eigenvalue weighted by Gasteiger charge is -2.39. The molecular weight excluding hydrogens is 755 g/mol. The molecule has 3 aromatic carbocycles. The van der Waals surface area contributed by atoms with Crippen LogP contribution < -0.4 is 15.2 Å². The van der Waals surface area contributed by atoms with Gasteiger partial charge in [0.05, 0.1) is 26.9 Å². The van der Waals surface area contributed by atoms with Crippen LogP contribution in [0.3, 0.4) is 0 Å². The van der Waals surface area contributed by atoms with Gasteiger partial charge >= 0.3 is 5.69 Å². The lowest BCUT2D eigenvalue weighted by Crippen LogP contribution is -2.39. The summed E-state index contributed by atoms with van der Waals surface area (Å²) in [4.78, 5) is 28.3. The predicted molar refractivity (Wildman–Crippen MR) is 226 cm³/mol. The van der Waals surface area contributed by atoms with Gasteiger partial charge in [-0.15, -0.1) is 0 Å². The number of aliphatic imine (C=N–C) groups is 1. The normalized spacial score (nSPS) is 19.6. The fraction of sp³-hybridized carbons (Fsp3) is 0.455. The number of aromatic nitrogens is 2. The highest BCUT2D eigenvalue weighted by molar-refractivity contribution is 7.44. The van der Waals surface area contributed by atoms with Gasteiger partial charge in [-0.3, -0.25) is 4.57 Å². The maximum absolute atomic E-state index is 13.7. The van der Waals surface area contributed by atoms with E-state index in [0.29, 0.717) is 23.7 Å². The Morgan fingerprint density at radius 1 is 0.948 bits per heavy atom. The van der Waals surface area contributed by atoms with E-state index in [2.05, 4.69) is 52.1 Å². The second kappa shape index (κ2) is 19.9. The van der Waals surface area contributed by atoms with Crippen molar-refractivity contribution in [3.63, 3.8) is 0 Å². The van der Waals surface area contributed by atoms with E-state index in [0.717, 1.165) is 41.9 Å². The van der Waals surface area contributed by atoms with Gasteiger partial charge in [0.1, 0.15) is 41.9 Å². The van der Waals surface area contributed by atoms with Crippen molar-refractivity contribution in [2.24, 2.45) is 4.99 Å². The molecule has 4 atom stereocenters. The summed E-state index contributed by atoms with van der Waals surface area (Å²) < 4.78 is 42.2. The zero-order chi connectivity index (χ0) is 41.2. The molecule has 0 saturated carbocycles. The molecular formula is C44H55N6O7P. The van der Waals surface area contributed by atoms with Crippen molar-refractivity contribution in [2.75, 3.05) is 47.6 Å². The second-order valence-corrected chi connectivity index (χ2v) is 16.3. The first-order valence-electron chi connectivity index (χ1n) is 19.8. The first-order valence-corrected chi connectivity index (χ1v) is 20.9. The number of ether oxygens (including phenoxy) is 4. The molecule has 2 aliphatic rings. The molecule has 2 saturated heterocycles. The molecule has 3 heterocycles. The van der Waals surface area contributed by atoms with Crippen molar-refractivity contribution in [3.05, 3.63) is 130 Å². The molecule has 6 rings (SSSR count). The summed E-state index contributed by atoms with van der Waals surface area (Å²) in [6.07, 6.45) is 1.95. The predicted octanol–water partition coefficient (Wildman–Crippen LogP) is 7.98. The second-order valence-electron chi connectivity index (χ2n) is 14.9. The number of amidine groups is 1. The molecule has 0 bridgehead atoms. The zero-order valence-electron chi connectivity index (χ0n) is 34.5. The van der Waals surface area contributed by atoms with Crippen LogP contribution in [0.25, 0.3) is 4.85 Å². The lowest BCUT2D eigenvalue weighted by atomic mass is 9.80. The third-order valence-corrected chi connectivity index (χ3v) is 12.6. The Bertz CT molecular complexity index is 2000. The highest BCUT2D eigenvalue weighted by atomic mass is 31.2. The quantitative estimate of drug-likeness (QED) is 0.0425. The molecule has 4 aromatic rings. The van der Waals surface area contributed by atoms with Crippen LogP contribution >= 0.6 is 8.53 Å². The van der Waals surface area contributed by atoms with E-state index in [9.17, 15) is 4.79 Å². The van der Waals surface area contributed by atoms with Crippen molar-refractivity contribution in [2.45, 2.75) is 83.1 Å². The molecule has 13 nitrogen and oxygen atoms in total. The molecule has 0 amide bonds. The summed E-state index contributed by atoms with van der Waals surface area (Å²) in [6.45, 7) is 17.2. The number of rotatable bonds is 18. The highest BCUT2D eigenvalue weighted by Gasteiger charge is 2.45. The zero-order valence-corrected chi connectivity index (χ0v) is 35.4. The minimum atomic E-state index is -1.65. The van der Waals surface area contributed by atoms with Gasteiger partial charge in [-0.25, -0.2) is 21.0 Å². The number of nitrogens with zero attached hydrogens (tertiary/aromatic N) is 6. The smallest absolute Gasteiger partial charge is 0.351 e. The van der Waals surface area contributed by atoms with Gasteiger partial charge in [-0.05, 0) is 81.1 Å². The Morgan fingerprint density at radius 3 is 2.10 bits per heavy atom. The van der Waals surface area contributed by atoms with Gasteiger partial charge in [-0.1, -0.05) is 54.6 Å². The fourth-order valence-electron chi connectivity index (χ4n) is 7.57. The SMILES string of the molecule is [C-]#[N+]CCOP(O[C@@H]1C[C@H](n2ccc(N=C3CCCN3C)nc2=O)O[C@@H]1COC(c1ccccc1)(c1ccc(OC)cc1)c1ccc(OC)cc1)N(C(C)C)C(C)C. The van der Waals surface area contributed by atoms with E-state index in [1.807, 2.05) is 85.9 Å². The Hall–Kier alpha value is -4.67. The van der Waals surface area contributed by atoms with Gasteiger partial charge in [0.25, 0.3) is 8.53 Å². The number of methoxy groups -OCH3 is 2.